The van der Waals surface area contributed by atoms with Gasteiger partial charge in [-0.1, -0.05) is 5.16 Å². The number of thioether (sulfide) groups is 1. The number of likely N-dealkylation sites (tertiary alicyclic amines) is 1. The van der Waals surface area contributed by atoms with E-state index in [0.717, 1.165) is 48.6 Å². The molecule has 7 nitrogen and oxygen atoms in total. The summed E-state index contributed by atoms with van der Waals surface area (Å²) in [5, 5.41) is 8.27. The monoisotopic (exact) mass is 333 g/mol. The van der Waals surface area contributed by atoms with E-state index in [1.165, 1.54) is 6.33 Å². The van der Waals surface area contributed by atoms with Crippen LogP contribution in [0, 0.1) is 0 Å². The summed E-state index contributed by atoms with van der Waals surface area (Å²) in [4.78, 5) is 18.7. The first-order valence-corrected chi connectivity index (χ1v) is 9.12. The topological polar surface area (TPSA) is 77.1 Å². The zero-order chi connectivity index (χ0) is 15.6. The van der Waals surface area contributed by atoms with Crippen LogP contribution >= 0.6 is 11.8 Å². The number of fused-ring (bicyclic) bond motifs is 1. The maximum Gasteiger partial charge on any atom is 0.267 e. The van der Waals surface area contributed by atoms with Crippen molar-refractivity contribution < 1.29 is 4.52 Å². The SMILES string of the molecule is O=c1cc2c(nn1CC1CCCN1Cc1ncno1)CCSC2. The highest BCUT2D eigenvalue weighted by Gasteiger charge is 2.27. The molecule has 23 heavy (non-hydrogen) atoms. The Labute approximate surface area is 138 Å². The largest absolute Gasteiger partial charge is 0.338 e. The molecule has 2 aromatic heterocycles. The van der Waals surface area contributed by atoms with Crippen LogP contribution < -0.4 is 5.56 Å². The molecular formula is C15H19N5O2S. The first-order chi connectivity index (χ1) is 11.3. The van der Waals surface area contributed by atoms with Crippen LogP contribution in [0.5, 0.6) is 0 Å². The number of aryl methyl sites for hydroxylation is 1. The van der Waals surface area contributed by atoms with Gasteiger partial charge in [-0.2, -0.15) is 21.8 Å². The Kier molecular flexibility index (Phi) is 4.17. The normalized spacial score (nSPS) is 21.5. The van der Waals surface area contributed by atoms with Gasteiger partial charge in [-0.15, -0.1) is 0 Å². The number of hydrogen-bond donors (Lipinski definition) is 0. The molecule has 0 amide bonds. The second-order valence-electron chi connectivity index (χ2n) is 6.04. The van der Waals surface area contributed by atoms with Crippen LogP contribution in [0.4, 0.5) is 0 Å². The molecule has 8 heteroatoms. The highest BCUT2D eigenvalue weighted by molar-refractivity contribution is 7.98. The quantitative estimate of drug-likeness (QED) is 0.828. The molecule has 0 bridgehead atoms. The van der Waals surface area contributed by atoms with Gasteiger partial charge in [0, 0.05) is 24.3 Å². The van der Waals surface area contributed by atoms with Crippen LogP contribution in [0.25, 0.3) is 0 Å². The first kappa shape index (κ1) is 14.9. The van der Waals surface area contributed by atoms with Gasteiger partial charge in [0.05, 0.1) is 18.8 Å². The summed E-state index contributed by atoms with van der Waals surface area (Å²) >= 11 is 1.87. The maximum atomic E-state index is 12.3. The molecular weight excluding hydrogens is 314 g/mol. The third-order valence-electron chi connectivity index (χ3n) is 4.53. The molecule has 1 unspecified atom stereocenters. The molecule has 0 aromatic carbocycles. The molecule has 1 saturated heterocycles. The van der Waals surface area contributed by atoms with Crippen LogP contribution in [-0.4, -0.2) is 43.2 Å². The van der Waals surface area contributed by atoms with E-state index in [9.17, 15) is 4.79 Å². The van der Waals surface area contributed by atoms with Crippen molar-refractivity contribution in [2.24, 2.45) is 0 Å². The van der Waals surface area contributed by atoms with Gasteiger partial charge >= 0.3 is 0 Å². The fraction of sp³-hybridized carbons (Fsp3) is 0.600. The van der Waals surface area contributed by atoms with Gasteiger partial charge in [-0.3, -0.25) is 9.69 Å². The second-order valence-corrected chi connectivity index (χ2v) is 7.15. The molecule has 2 aliphatic heterocycles. The average Bonchev–Trinajstić information content (AvgIpc) is 3.21. The van der Waals surface area contributed by atoms with Crippen molar-refractivity contribution in [3.05, 3.63) is 39.9 Å². The minimum Gasteiger partial charge on any atom is -0.338 e. The zero-order valence-electron chi connectivity index (χ0n) is 12.8. The molecule has 0 N–H and O–H groups in total. The van der Waals surface area contributed by atoms with Crippen molar-refractivity contribution in [2.75, 3.05) is 12.3 Å². The molecule has 1 fully saturated rings. The Balaban J connectivity index is 1.51. The first-order valence-electron chi connectivity index (χ1n) is 7.97. The Hall–Kier alpha value is -1.67. The van der Waals surface area contributed by atoms with E-state index in [-0.39, 0.29) is 5.56 Å². The summed E-state index contributed by atoms with van der Waals surface area (Å²) in [5.41, 5.74) is 2.21. The second kappa shape index (κ2) is 6.45. The van der Waals surface area contributed by atoms with Gasteiger partial charge < -0.3 is 4.52 Å². The highest BCUT2D eigenvalue weighted by atomic mass is 32.2. The Morgan fingerprint density at radius 2 is 2.39 bits per heavy atom. The van der Waals surface area contributed by atoms with Crippen molar-refractivity contribution in [3.8, 4) is 0 Å². The molecule has 2 aromatic rings. The lowest BCUT2D eigenvalue weighted by atomic mass is 10.2. The summed E-state index contributed by atoms with van der Waals surface area (Å²) < 4.78 is 6.75. The third kappa shape index (κ3) is 3.18. The molecule has 2 aliphatic rings. The Morgan fingerprint density at radius 3 is 3.26 bits per heavy atom. The van der Waals surface area contributed by atoms with Crippen molar-refractivity contribution in [3.63, 3.8) is 0 Å². The lowest BCUT2D eigenvalue weighted by Crippen LogP contribution is -2.37. The van der Waals surface area contributed by atoms with E-state index in [4.69, 9.17) is 4.52 Å². The van der Waals surface area contributed by atoms with Gasteiger partial charge in [-0.05, 0) is 30.7 Å². The predicted octanol–water partition coefficient (Wildman–Crippen LogP) is 1.08. The van der Waals surface area contributed by atoms with Crippen molar-refractivity contribution >= 4 is 11.8 Å². The van der Waals surface area contributed by atoms with Crippen LogP contribution in [0.15, 0.2) is 21.7 Å². The summed E-state index contributed by atoms with van der Waals surface area (Å²) in [5.74, 6) is 2.62. The average molecular weight is 333 g/mol. The van der Waals surface area contributed by atoms with E-state index >= 15 is 0 Å². The van der Waals surface area contributed by atoms with Crippen molar-refractivity contribution in [1.29, 1.82) is 0 Å². The predicted molar refractivity (Wildman–Crippen MR) is 86.1 cm³/mol. The molecule has 1 atom stereocenters. The smallest absolute Gasteiger partial charge is 0.267 e. The number of nitrogens with zero attached hydrogens (tertiary/aromatic N) is 5. The molecule has 4 heterocycles. The summed E-state index contributed by atoms with van der Waals surface area (Å²) in [6, 6.07) is 2.06. The maximum absolute atomic E-state index is 12.3. The standard InChI is InChI=1S/C15H19N5O2S/c21-15-6-11-9-23-5-3-13(11)18-20(15)7-12-2-1-4-19(12)8-14-16-10-17-22-14/h6,10,12H,1-5,7-9H2. The minimum atomic E-state index is 0.0101. The third-order valence-corrected chi connectivity index (χ3v) is 5.54. The Bertz CT molecular complexity index is 730. The summed E-state index contributed by atoms with van der Waals surface area (Å²) in [7, 11) is 0. The van der Waals surface area contributed by atoms with E-state index in [1.54, 1.807) is 10.7 Å². The van der Waals surface area contributed by atoms with Crippen molar-refractivity contribution in [1.82, 2.24) is 24.8 Å². The molecule has 0 saturated carbocycles. The van der Waals surface area contributed by atoms with E-state index in [2.05, 4.69) is 20.1 Å². The lowest BCUT2D eigenvalue weighted by Gasteiger charge is -2.24. The van der Waals surface area contributed by atoms with E-state index in [0.29, 0.717) is 25.0 Å². The van der Waals surface area contributed by atoms with Crippen LogP contribution in [0.3, 0.4) is 0 Å². The number of rotatable bonds is 4. The number of hydrogen-bond acceptors (Lipinski definition) is 7. The van der Waals surface area contributed by atoms with Gasteiger partial charge in [0.15, 0.2) is 6.33 Å². The van der Waals surface area contributed by atoms with Gasteiger partial charge in [0.1, 0.15) is 0 Å². The minimum absolute atomic E-state index is 0.0101. The summed E-state index contributed by atoms with van der Waals surface area (Å²) in [6.45, 7) is 2.26. The van der Waals surface area contributed by atoms with Gasteiger partial charge in [0.2, 0.25) is 5.89 Å². The highest BCUT2D eigenvalue weighted by Crippen LogP contribution is 2.23. The summed E-state index contributed by atoms with van der Waals surface area (Å²) in [6.07, 6.45) is 4.56. The molecule has 0 spiro atoms. The number of aromatic nitrogens is 4. The van der Waals surface area contributed by atoms with Crippen LogP contribution in [0.2, 0.25) is 0 Å². The van der Waals surface area contributed by atoms with Gasteiger partial charge in [0.25, 0.3) is 5.56 Å². The molecule has 4 rings (SSSR count). The fourth-order valence-electron chi connectivity index (χ4n) is 3.33. The van der Waals surface area contributed by atoms with Crippen LogP contribution in [-0.2, 0) is 25.3 Å². The van der Waals surface area contributed by atoms with E-state index in [1.807, 2.05) is 11.8 Å². The Morgan fingerprint density at radius 1 is 1.43 bits per heavy atom. The molecule has 122 valence electrons. The van der Waals surface area contributed by atoms with Gasteiger partial charge in [-0.25, -0.2) is 4.68 Å². The molecule has 0 radical (unpaired) electrons. The molecule has 0 aliphatic carbocycles. The van der Waals surface area contributed by atoms with E-state index < -0.39 is 0 Å². The lowest BCUT2D eigenvalue weighted by molar-refractivity contribution is 0.190. The zero-order valence-corrected chi connectivity index (χ0v) is 13.7. The fourth-order valence-corrected chi connectivity index (χ4v) is 4.28. The van der Waals surface area contributed by atoms with Crippen molar-refractivity contribution in [2.45, 2.75) is 44.1 Å². The van der Waals surface area contributed by atoms with Crippen LogP contribution in [0.1, 0.15) is 30.0 Å².